The van der Waals surface area contributed by atoms with E-state index in [-0.39, 0.29) is 16.8 Å². The van der Waals surface area contributed by atoms with Gasteiger partial charge in [0.1, 0.15) is 5.00 Å². The third-order valence-electron chi connectivity index (χ3n) is 3.53. The van der Waals surface area contributed by atoms with E-state index in [1.807, 2.05) is 11.8 Å². The fourth-order valence-electron chi connectivity index (χ4n) is 2.37. The monoisotopic (exact) mass is 334 g/mol. The lowest BCUT2D eigenvalue weighted by atomic mass is 10.1. The molecule has 0 aromatic carbocycles. The Morgan fingerprint density at radius 2 is 2.05 bits per heavy atom. The van der Waals surface area contributed by atoms with Crippen LogP contribution < -0.4 is 10.6 Å². The Labute approximate surface area is 129 Å². The van der Waals surface area contributed by atoms with Gasteiger partial charge in [0.05, 0.1) is 6.10 Å². The Bertz CT molecular complexity index is 577. The topological polar surface area (TPSA) is 88.8 Å². The summed E-state index contributed by atoms with van der Waals surface area (Å²) < 4.78 is 35.6. The minimum Gasteiger partial charge on any atom is -0.382 e. The highest BCUT2D eigenvalue weighted by molar-refractivity contribution is 7.89. The molecular formula is C12H22N4O3S2. The predicted octanol–water partition coefficient (Wildman–Crippen LogP) is 0.981. The molecule has 0 unspecified atom stereocenters. The molecule has 1 saturated heterocycles. The molecule has 1 aromatic rings. The summed E-state index contributed by atoms with van der Waals surface area (Å²) in [6.07, 6.45) is 2.02. The molecular weight excluding hydrogens is 312 g/mol. The molecule has 2 N–H and O–H groups in total. The Hall–Kier alpha value is -0.900. The van der Waals surface area contributed by atoms with Gasteiger partial charge in [-0.2, -0.15) is 4.37 Å². The predicted molar refractivity (Wildman–Crippen MR) is 84.3 cm³/mol. The molecule has 120 valence electrons. The van der Waals surface area contributed by atoms with Gasteiger partial charge in [0.25, 0.3) is 0 Å². The molecule has 1 aromatic heterocycles. The highest BCUT2D eigenvalue weighted by atomic mass is 32.2. The summed E-state index contributed by atoms with van der Waals surface area (Å²) in [5.41, 5.74) is 5.79. The van der Waals surface area contributed by atoms with Crippen molar-refractivity contribution in [1.82, 2.24) is 8.68 Å². The molecule has 0 aliphatic carbocycles. The first kappa shape index (κ1) is 16.5. The second-order valence-corrected chi connectivity index (χ2v) is 7.97. The second kappa shape index (κ2) is 6.47. The molecule has 0 atom stereocenters. The molecule has 0 spiro atoms. The summed E-state index contributed by atoms with van der Waals surface area (Å²) in [5, 5.41) is 0.635. The van der Waals surface area contributed by atoms with Gasteiger partial charge in [-0.25, -0.2) is 12.7 Å². The van der Waals surface area contributed by atoms with Gasteiger partial charge in [0, 0.05) is 33.8 Å². The summed E-state index contributed by atoms with van der Waals surface area (Å²) in [6, 6.07) is 0. The molecule has 21 heavy (non-hydrogen) atoms. The number of piperidine rings is 1. The fraction of sp³-hybridized carbons (Fsp3) is 0.750. The maximum absolute atomic E-state index is 12.4. The van der Waals surface area contributed by atoms with E-state index in [2.05, 4.69) is 4.37 Å². The van der Waals surface area contributed by atoms with Crippen LogP contribution in [0.25, 0.3) is 0 Å². The summed E-state index contributed by atoms with van der Waals surface area (Å²) >= 11 is 1.15. The van der Waals surface area contributed by atoms with Crippen LogP contribution in [0.1, 0.15) is 19.8 Å². The van der Waals surface area contributed by atoms with Crippen molar-refractivity contribution in [3.63, 3.8) is 0 Å². The molecule has 1 aliphatic rings. The molecule has 9 heteroatoms. The average molecular weight is 334 g/mol. The number of hydrogen-bond donors (Lipinski definition) is 1. The summed E-state index contributed by atoms with van der Waals surface area (Å²) in [6.45, 7) is 4.20. The number of aromatic nitrogens is 1. The van der Waals surface area contributed by atoms with Crippen LogP contribution in [0.15, 0.2) is 4.90 Å². The smallest absolute Gasteiger partial charge is 0.249 e. The van der Waals surface area contributed by atoms with E-state index in [0.717, 1.165) is 37.5 Å². The van der Waals surface area contributed by atoms with Crippen LogP contribution in [0.3, 0.4) is 0 Å². The standard InChI is InChI=1S/C12H22N4O3S2/c1-4-19-9-5-7-16(8-6-9)12-10(11(13)14-20-12)21(17,18)15(2)3/h9H,4-8H2,1-3H3,(H2,13,14). The average Bonchev–Trinajstić information content (AvgIpc) is 2.82. The molecule has 0 saturated carbocycles. The lowest BCUT2D eigenvalue weighted by Crippen LogP contribution is -2.37. The van der Waals surface area contributed by atoms with E-state index in [1.54, 1.807) is 0 Å². The second-order valence-electron chi connectivity index (χ2n) is 5.13. The SMILES string of the molecule is CCOC1CCN(c2snc(N)c2S(=O)(=O)N(C)C)CC1. The number of sulfonamides is 1. The van der Waals surface area contributed by atoms with Gasteiger partial charge in [0.2, 0.25) is 10.0 Å². The van der Waals surface area contributed by atoms with Crippen molar-refractivity contribution >= 4 is 32.4 Å². The number of nitrogens with zero attached hydrogens (tertiary/aromatic N) is 3. The van der Waals surface area contributed by atoms with Crippen molar-refractivity contribution in [3.8, 4) is 0 Å². The highest BCUT2D eigenvalue weighted by Crippen LogP contribution is 2.37. The molecule has 0 amide bonds. The zero-order chi connectivity index (χ0) is 15.6. The quantitative estimate of drug-likeness (QED) is 0.863. The molecule has 0 bridgehead atoms. The largest absolute Gasteiger partial charge is 0.382 e. The van der Waals surface area contributed by atoms with Gasteiger partial charge in [-0.05, 0) is 31.3 Å². The van der Waals surface area contributed by atoms with Gasteiger partial charge in [0.15, 0.2) is 10.7 Å². The van der Waals surface area contributed by atoms with E-state index in [4.69, 9.17) is 10.5 Å². The van der Waals surface area contributed by atoms with Gasteiger partial charge in [-0.15, -0.1) is 0 Å². The minimum absolute atomic E-state index is 0.0793. The Kier molecular flexibility index (Phi) is 5.07. The van der Waals surface area contributed by atoms with Gasteiger partial charge in [-0.1, -0.05) is 0 Å². The molecule has 2 heterocycles. The van der Waals surface area contributed by atoms with E-state index in [0.29, 0.717) is 11.6 Å². The molecule has 2 rings (SSSR count). The lowest BCUT2D eigenvalue weighted by molar-refractivity contribution is 0.0459. The van der Waals surface area contributed by atoms with Gasteiger partial charge >= 0.3 is 0 Å². The maximum atomic E-state index is 12.4. The summed E-state index contributed by atoms with van der Waals surface area (Å²) in [7, 11) is -0.590. The first-order chi connectivity index (χ1) is 9.87. The summed E-state index contributed by atoms with van der Waals surface area (Å²) in [4.78, 5) is 2.17. The Morgan fingerprint density at radius 1 is 1.43 bits per heavy atom. The number of anilines is 2. The lowest BCUT2D eigenvalue weighted by Gasteiger charge is -2.32. The van der Waals surface area contributed by atoms with Crippen LogP contribution in [0.2, 0.25) is 0 Å². The minimum atomic E-state index is -3.58. The highest BCUT2D eigenvalue weighted by Gasteiger charge is 2.32. The van der Waals surface area contributed by atoms with E-state index >= 15 is 0 Å². The van der Waals surface area contributed by atoms with Crippen molar-refractivity contribution in [2.45, 2.75) is 30.8 Å². The molecule has 1 fully saturated rings. The Morgan fingerprint density at radius 3 is 2.57 bits per heavy atom. The zero-order valence-corrected chi connectivity index (χ0v) is 14.2. The zero-order valence-electron chi connectivity index (χ0n) is 12.6. The van der Waals surface area contributed by atoms with Crippen molar-refractivity contribution < 1.29 is 13.2 Å². The van der Waals surface area contributed by atoms with Crippen LogP contribution in [-0.4, -0.2) is 57.0 Å². The van der Waals surface area contributed by atoms with Crippen LogP contribution in [-0.2, 0) is 14.8 Å². The number of rotatable bonds is 5. The van der Waals surface area contributed by atoms with E-state index in [1.165, 1.54) is 18.4 Å². The van der Waals surface area contributed by atoms with E-state index in [9.17, 15) is 8.42 Å². The molecule has 1 aliphatic heterocycles. The van der Waals surface area contributed by atoms with Crippen LogP contribution in [0.4, 0.5) is 10.8 Å². The van der Waals surface area contributed by atoms with E-state index < -0.39 is 10.0 Å². The van der Waals surface area contributed by atoms with Crippen molar-refractivity contribution in [1.29, 1.82) is 0 Å². The van der Waals surface area contributed by atoms with Gasteiger partial charge in [-0.3, -0.25) is 0 Å². The number of hydrogen-bond acceptors (Lipinski definition) is 7. The van der Waals surface area contributed by atoms with Crippen LogP contribution in [0, 0.1) is 0 Å². The normalized spacial score (nSPS) is 17.6. The Balaban J connectivity index is 2.23. The number of nitrogen functional groups attached to an aromatic ring is 1. The number of ether oxygens (including phenoxy) is 1. The van der Waals surface area contributed by atoms with Crippen LogP contribution >= 0.6 is 11.5 Å². The van der Waals surface area contributed by atoms with Gasteiger partial charge < -0.3 is 15.4 Å². The van der Waals surface area contributed by atoms with Crippen molar-refractivity contribution in [3.05, 3.63) is 0 Å². The molecule has 7 nitrogen and oxygen atoms in total. The fourth-order valence-corrected chi connectivity index (χ4v) is 4.64. The van der Waals surface area contributed by atoms with Crippen molar-refractivity contribution in [2.75, 3.05) is 44.4 Å². The van der Waals surface area contributed by atoms with Crippen molar-refractivity contribution in [2.24, 2.45) is 0 Å². The first-order valence-corrected chi connectivity index (χ1v) is 9.13. The number of nitrogens with two attached hydrogens (primary N) is 1. The maximum Gasteiger partial charge on any atom is 0.249 e. The first-order valence-electron chi connectivity index (χ1n) is 6.92. The third kappa shape index (κ3) is 3.31. The van der Waals surface area contributed by atoms with Crippen LogP contribution in [0.5, 0.6) is 0 Å². The molecule has 0 radical (unpaired) electrons. The summed E-state index contributed by atoms with van der Waals surface area (Å²) in [5.74, 6) is 0.0793. The third-order valence-corrected chi connectivity index (χ3v) is 6.46.